The Labute approximate surface area is 110 Å². The lowest BCUT2D eigenvalue weighted by Gasteiger charge is -2.15. The first-order valence-electron chi connectivity index (χ1n) is 5.71. The third-order valence-electron chi connectivity index (χ3n) is 3.03. The standard InChI is InChI=1S/C10H12N4O4S/c1-3-2-4(15)8(18-3)14-6-5(19-10(14)17)7(16)13-9(11)12-6/h3-4,8,15H,2H2,1H3,(H3,11,12,13,16)/t3-,4-,8?/m1/s1. The fourth-order valence-corrected chi connectivity index (χ4v) is 3.11. The van der Waals surface area contributed by atoms with Gasteiger partial charge in [0.15, 0.2) is 6.23 Å². The van der Waals surface area contributed by atoms with Crippen molar-refractivity contribution < 1.29 is 9.84 Å². The van der Waals surface area contributed by atoms with Crippen molar-refractivity contribution in [2.45, 2.75) is 31.8 Å². The highest BCUT2D eigenvalue weighted by Gasteiger charge is 2.35. The van der Waals surface area contributed by atoms with E-state index in [9.17, 15) is 14.7 Å². The molecule has 8 nitrogen and oxygen atoms in total. The van der Waals surface area contributed by atoms with E-state index in [-0.39, 0.29) is 22.4 Å². The molecule has 1 aliphatic rings. The summed E-state index contributed by atoms with van der Waals surface area (Å²) in [6.45, 7) is 1.81. The van der Waals surface area contributed by atoms with Gasteiger partial charge >= 0.3 is 4.87 Å². The topological polar surface area (TPSA) is 123 Å². The molecular formula is C10H12N4O4S. The van der Waals surface area contributed by atoms with Crippen molar-refractivity contribution in [2.24, 2.45) is 0 Å². The zero-order chi connectivity index (χ0) is 13.7. The molecule has 0 bridgehead atoms. The van der Waals surface area contributed by atoms with Crippen LogP contribution in [0, 0.1) is 0 Å². The molecule has 102 valence electrons. The molecule has 3 rings (SSSR count). The summed E-state index contributed by atoms with van der Waals surface area (Å²) in [6.07, 6.45) is -1.34. The second kappa shape index (κ2) is 4.15. The number of hydrogen-bond donors (Lipinski definition) is 3. The molecule has 0 aliphatic carbocycles. The number of H-pyrrole nitrogens is 1. The van der Waals surface area contributed by atoms with Gasteiger partial charge in [-0.3, -0.25) is 14.2 Å². The largest absolute Gasteiger partial charge is 0.388 e. The molecule has 9 heteroatoms. The second-order valence-electron chi connectivity index (χ2n) is 4.48. The average molecular weight is 284 g/mol. The number of rotatable bonds is 1. The summed E-state index contributed by atoms with van der Waals surface area (Å²) in [4.78, 5) is 29.5. The lowest BCUT2D eigenvalue weighted by Crippen LogP contribution is -2.27. The third-order valence-corrected chi connectivity index (χ3v) is 3.98. The number of aromatic nitrogens is 3. The Morgan fingerprint density at radius 3 is 2.95 bits per heavy atom. The van der Waals surface area contributed by atoms with E-state index in [1.54, 1.807) is 0 Å². The van der Waals surface area contributed by atoms with Gasteiger partial charge in [-0.1, -0.05) is 11.3 Å². The van der Waals surface area contributed by atoms with Gasteiger partial charge in [0.1, 0.15) is 16.5 Å². The molecule has 1 saturated heterocycles. The van der Waals surface area contributed by atoms with E-state index in [2.05, 4.69) is 9.97 Å². The molecule has 0 spiro atoms. The van der Waals surface area contributed by atoms with Gasteiger partial charge in [-0.05, 0) is 6.92 Å². The molecule has 2 aromatic heterocycles. The molecule has 0 saturated carbocycles. The van der Waals surface area contributed by atoms with E-state index in [1.165, 1.54) is 4.57 Å². The Balaban J connectivity index is 2.27. The van der Waals surface area contributed by atoms with Crippen molar-refractivity contribution in [2.75, 3.05) is 5.73 Å². The maximum atomic E-state index is 12.0. The molecule has 1 aliphatic heterocycles. The molecule has 1 unspecified atom stereocenters. The van der Waals surface area contributed by atoms with Crippen LogP contribution in [0.4, 0.5) is 5.95 Å². The number of nitrogens with zero attached hydrogens (tertiary/aromatic N) is 2. The molecule has 3 atom stereocenters. The lowest BCUT2D eigenvalue weighted by atomic mass is 10.2. The van der Waals surface area contributed by atoms with Crippen LogP contribution in [-0.4, -0.2) is 31.8 Å². The summed E-state index contributed by atoms with van der Waals surface area (Å²) in [5.74, 6) is -0.0791. The number of anilines is 1. The molecule has 2 aromatic rings. The monoisotopic (exact) mass is 284 g/mol. The summed E-state index contributed by atoms with van der Waals surface area (Å²) >= 11 is 0.759. The van der Waals surface area contributed by atoms with Gasteiger partial charge in [0.05, 0.1) is 6.10 Å². The predicted molar refractivity (Wildman–Crippen MR) is 69.1 cm³/mol. The third kappa shape index (κ3) is 1.86. The highest BCUT2D eigenvalue weighted by Crippen LogP contribution is 2.30. The number of aliphatic hydroxyl groups excluding tert-OH is 1. The van der Waals surface area contributed by atoms with Gasteiger partial charge in [-0.2, -0.15) is 4.98 Å². The Morgan fingerprint density at radius 1 is 1.58 bits per heavy atom. The van der Waals surface area contributed by atoms with Crippen molar-refractivity contribution in [1.29, 1.82) is 0 Å². The van der Waals surface area contributed by atoms with Crippen molar-refractivity contribution in [3.8, 4) is 0 Å². The molecule has 1 fully saturated rings. The number of nitrogens with one attached hydrogen (secondary N) is 1. The Morgan fingerprint density at radius 2 is 2.32 bits per heavy atom. The Kier molecular flexibility index (Phi) is 2.69. The Bertz CT molecular complexity index is 748. The first kappa shape index (κ1) is 12.3. The molecule has 19 heavy (non-hydrogen) atoms. The van der Waals surface area contributed by atoms with Crippen LogP contribution in [0.2, 0.25) is 0 Å². The fraction of sp³-hybridized carbons (Fsp3) is 0.500. The molecule has 4 N–H and O–H groups in total. The average Bonchev–Trinajstić information content (AvgIpc) is 2.78. The van der Waals surface area contributed by atoms with Gasteiger partial charge in [0, 0.05) is 6.42 Å². The van der Waals surface area contributed by atoms with E-state index in [0.717, 1.165) is 11.3 Å². The predicted octanol–water partition coefficient (Wildman–Crippen LogP) is -0.603. The van der Waals surface area contributed by atoms with Crippen LogP contribution in [0.15, 0.2) is 9.59 Å². The smallest absolute Gasteiger partial charge is 0.311 e. The maximum Gasteiger partial charge on any atom is 0.311 e. The maximum absolute atomic E-state index is 12.0. The van der Waals surface area contributed by atoms with Crippen molar-refractivity contribution in [3.63, 3.8) is 0 Å². The lowest BCUT2D eigenvalue weighted by molar-refractivity contribution is -0.0307. The molecule has 0 radical (unpaired) electrons. The van der Waals surface area contributed by atoms with Crippen molar-refractivity contribution in [1.82, 2.24) is 14.5 Å². The molecule has 3 heterocycles. The van der Waals surface area contributed by atoms with Crippen LogP contribution in [0.25, 0.3) is 10.3 Å². The van der Waals surface area contributed by atoms with E-state index >= 15 is 0 Å². The van der Waals surface area contributed by atoms with E-state index in [1.807, 2.05) is 6.92 Å². The number of aromatic amines is 1. The van der Waals surface area contributed by atoms with Gasteiger partial charge in [-0.15, -0.1) is 0 Å². The van der Waals surface area contributed by atoms with Gasteiger partial charge in [0.2, 0.25) is 5.95 Å². The molecule has 0 amide bonds. The zero-order valence-electron chi connectivity index (χ0n) is 9.99. The number of thiazole rings is 1. The van der Waals surface area contributed by atoms with Gasteiger partial charge in [0.25, 0.3) is 5.56 Å². The number of nitrogen functional groups attached to an aromatic ring is 1. The normalized spacial score (nSPS) is 27.2. The second-order valence-corrected chi connectivity index (χ2v) is 5.44. The summed E-state index contributed by atoms with van der Waals surface area (Å²) in [5, 5.41) is 9.93. The Hall–Kier alpha value is -1.71. The first-order chi connectivity index (χ1) is 8.97. The fourth-order valence-electron chi connectivity index (χ4n) is 2.26. The summed E-state index contributed by atoms with van der Waals surface area (Å²) in [5.41, 5.74) is 5.16. The summed E-state index contributed by atoms with van der Waals surface area (Å²) in [6, 6.07) is 0. The zero-order valence-corrected chi connectivity index (χ0v) is 10.8. The van der Waals surface area contributed by atoms with Crippen LogP contribution >= 0.6 is 11.3 Å². The molecular weight excluding hydrogens is 272 g/mol. The van der Waals surface area contributed by atoms with Crippen LogP contribution in [-0.2, 0) is 4.74 Å². The minimum Gasteiger partial charge on any atom is -0.388 e. The minimum atomic E-state index is -0.811. The van der Waals surface area contributed by atoms with Crippen molar-refractivity contribution in [3.05, 3.63) is 20.0 Å². The van der Waals surface area contributed by atoms with Crippen LogP contribution in [0.3, 0.4) is 0 Å². The highest BCUT2D eigenvalue weighted by atomic mass is 32.1. The van der Waals surface area contributed by atoms with Crippen LogP contribution < -0.4 is 16.2 Å². The minimum absolute atomic E-state index is 0.0791. The van der Waals surface area contributed by atoms with Crippen molar-refractivity contribution >= 4 is 27.6 Å². The quantitative estimate of drug-likeness (QED) is 0.642. The SMILES string of the molecule is C[C@@H]1C[C@@H](O)C(n2c(=O)sc3c(=O)nc(N)[nH]c32)O1. The molecule has 0 aromatic carbocycles. The van der Waals surface area contributed by atoms with E-state index in [4.69, 9.17) is 10.5 Å². The van der Waals surface area contributed by atoms with Gasteiger partial charge < -0.3 is 20.6 Å². The number of hydrogen-bond acceptors (Lipinski definition) is 7. The number of aliphatic hydroxyl groups is 1. The van der Waals surface area contributed by atoms with Crippen LogP contribution in [0.5, 0.6) is 0 Å². The first-order valence-corrected chi connectivity index (χ1v) is 6.53. The number of fused-ring (bicyclic) bond motifs is 1. The summed E-state index contributed by atoms with van der Waals surface area (Å²) in [7, 11) is 0. The number of nitrogens with two attached hydrogens (primary N) is 1. The number of ether oxygens (including phenoxy) is 1. The van der Waals surface area contributed by atoms with Gasteiger partial charge in [-0.25, -0.2) is 0 Å². The van der Waals surface area contributed by atoms with E-state index < -0.39 is 22.8 Å². The van der Waals surface area contributed by atoms with E-state index in [0.29, 0.717) is 6.42 Å². The highest BCUT2D eigenvalue weighted by molar-refractivity contribution is 7.16. The summed E-state index contributed by atoms with van der Waals surface area (Å²) < 4.78 is 6.93. The van der Waals surface area contributed by atoms with Crippen LogP contribution in [0.1, 0.15) is 19.6 Å².